The van der Waals surface area contributed by atoms with E-state index < -0.39 is 11.6 Å². The predicted molar refractivity (Wildman–Crippen MR) is 95.1 cm³/mol. The van der Waals surface area contributed by atoms with Gasteiger partial charge in [0.05, 0.1) is 11.1 Å². The molecule has 0 aliphatic carbocycles. The zero-order valence-corrected chi connectivity index (χ0v) is 15.3. The van der Waals surface area contributed by atoms with Crippen molar-refractivity contribution >= 4 is 23.2 Å². The van der Waals surface area contributed by atoms with Crippen molar-refractivity contribution in [2.24, 2.45) is 0 Å². The van der Waals surface area contributed by atoms with Crippen LogP contribution in [0.3, 0.4) is 0 Å². The van der Waals surface area contributed by atoms with Crippen LogP contribution in [0.1, 0.15) is 56.2 Å². The number of imidazole rings is 1. The molecule has 0 bridgehead atoms. The summed E-state index contributed by atoms with van der Waals surface area (Å²) in [6.07, 6.45) is 4.46. The highest BCUT2D eigenvalue weighted by Gasteiger charge is 2.31. The Morgan fingerprint density at radius 3 is 2.85 bits per heavy atom. The van der Waals surface area contributed by atoms with E-state index >= 15 is 0 Å². The molecule has 3 rings (SSSR count). The van der Waals surface area contributed by atoms with Crippen LogP contribution in [-0.2, 0) is 11.2 Å². The molecule has 1 unspecified atom stereocenters. The Bertz CT molecular complexity index is 824. The third-order valence-corrected chi connectivity index (χ3v) is 4.36. The number of nitrogens with one attached hydrogen (secondary N) is 1. The first kappa shape index (κ1) is 18.2. The van der Waals surface area contributed by atoms with Crippen molar-refractivity contribution < 1.29 is 19.4 Å². The summed E-state index contributed by atoms with van der Waals surface area (Å²) in [7, 11) is 0. The second kappa shape index (κ2) is 6.93. The van der Waals surface area contributed by atoms with Crippen molar-refractivity contribution in [3.05, 3.63) is 23.7 Å². The first-order valence-corrected chi connectivity index (χ1v) is 8.81. The number of carboxylic acids is 1. The van der Waals surface area contributed by atoms with E-state index in [4.69, 9.17) is 4.74 Å². The van der Waals surface area contributed by atoms with Gasteiger partial charge in [0.2, 0.25) is 0 Å². The predicted octanol–water partition coefficient (Wildman–Crippen LogP) is 2.99. The number of likely N-dealkylation sites (tertiary alicyclic amines) is 1. The number of carbonyl (C=O) groups excluding carboxylic acids is 1. The van der Waals surface area contributed by atoms with Gasteiger partial charge in [0.1, 0.15) is 11.4 Å². The highest BCUT2D eigenvalue weighted by atomic mass is 16.6. The monoisotopic (exact) mass is 360 g/mol. The molecule has 140 valence electrons. The molecule has 0 aromatic carbocycles. The number of H-pyrrole nitrogens is 1. The van der Waals surface area contributed by atoms with Gasteiger partial charge in [0, 0.05) is 25.2 Å². The zero-order valence-electron chi connectivity index (χ0n) is 15.3. The van der Waals surface area contributed by atoms with Gasteiger partial charge in [-0.25, -0.2) is 19.6 Å². The molecule has 26 heavy (non-hydrogen) atoms. The van der Waals surface area contributed by atoms with Gasteiger partial charge in [-0.3, -0.25) is 0 Å². The van der Waals surface area contributed by atoms with E-state index in [1.54, 1.807) is 4.90 Å². The topological polar surface area (TPSA) is 108 Å². The van der Waals surface area contributed by atoms with E-state index in [0.29, 0.717) is 30.0 Å². The first-order chi connectivity index (χ1) is 12.2. The fourth-order valence-corrected chi connectivity index (χ4v) is 3.23. The Morgan fingerprint density at radius 2 is 2.15 bits per heavy atom. The third kappa shape index (κ3) is 3.95. The molecule has 0 spiro atoms. The van der Waals surface area contributed by atoms with Crippen molar-refractivity contribution in [1.29, 1.82) is 0 Å². The second-order valence-electron chi connectivity index (χ2n) is 7.57. The van der Waals surface area contributed by atoms with E-state index in [1.807, 2.05) is 20.8 Å². The number of piperidine rings is 1. The largest absolute Gasteiger partial charge is 0.478 e. The average molecular weight is 360 g/mol. The summed E-state index contributed by atoms with van der Waals surface area (Å²) in [5, 5.41) is 9.29. The molecule has 2 aromatic heterocycles. The van der Waals surface area contributed by atoms with Gasteiger partial charge < -0.3 is 19.7 Å². The van der Waals surface area contributed by atoms with E-state index in [-0.39, 0.29) is 17.7 Å². The number of hydrogen-bond acceptors (Lipinski definition) is 5. The minimum absolute atomic E-state index is 0.0348. The van der Waals surface area contributed by atoms with Gasteiger partial charge >= 0.3 is 12.1 Å². The first-order valence-electron chi connectivity index (χ1n) is 8.81. The highest BCUT2D eigenvalue weighted by Crippen LogP contribution is 2.24. The summed E-state index contributed by atoms with van der Waals surface area (Å²) in [6.45, 7) is 6.20. The third-order valence-electron chi connectivity index (χ3n) is 4.36. The molecule has 0 saturated carbocycles. The normalized spacial score (nSPS) is 18.1. The van der Waals surface area contributed by atoms with Gasteiger partial charge in [-0.15, -0.1) is 0 Å². The Kier molecular flexibility index (Phi) is 4.84. The maximum atomic E-state index is 12.5. The Morgan fingerprint density at radius 1 is 1.38 bits per heavy atom. The quantitative estimate of drug-likeness (QED) is 0.871. The number of amides is 1. The molecule has 8 nitrogen and oxygen atoms in total. The van der Waals surface area contributed by atoms with Crippen molar-refractivity contribution in [3.63, 3.8) is 0 Å². The fraction of sp³-hybridized carbons (Fsp3) is 0.556. The maximum absolute atomic E-state index is 12.5. The molecule has 3 heterocycles. The lowest BCUT2D eigenvalue weighted by atomic mass is 9.99. The molecular formula is C18H24N4O4. The zero-order chi connectivity index (χ0) is 18.9. The molecule has 1 atom stereocenters. The summed E-state index contributed by atoms with van der Waals surface area (Å²) in [6, 6.07) is 1.41. The lowest BCUT2D eigenvalue weighted by Crippen LogP contribution is -2.47. The van der Waals surface area contributed by atoms with Crippen LogP contribution in [0.2, 0.25) is 0 Å². The number of aromatic amines is 1. The number of carboxylic acid groups (broad SMARTS) is 1. The summed E-state index contributed by atoms with van der Waals surface area (Å²) in [5.41, 5.74) is 0.384. The Labute approximate surface area is 151 Å². The minimum atomic E-state index is -1.03. The molecule has 1 fully saturated rings. The SMILES string of the molecule is CC(C)(C)OC(=O)N1CCCCC1Cc1nc2nccc(C(=O)O)c2[nH]1. The maximum Gasteiger partial charge on any atom is 0.410 e. The van der Waals surface area contributed by atoms with E-state index in [1.165, 1.54) is 12.3 Å². The fourth-order valence-electron chi connectivity index (χ4n) is 3.23. The molecular weight excluding hydrogens is 336 g/mol. The summed E-state index contributed by atoms with van der Waals surface area (Å²) in [4.78, 5) is 37.2. The van der Waals surface area contributed by atoms with Gasteiger partial charge in [-0.2, -0.15) is 0 Å². The number of nitrogens with zero attached hydrogens (tertiary/aromatic N) is 3. The standard InChI is InChI=1S/C18H24N4O4/c1-18(2,3)26-17(25)22-9-5-4-6-11(22)10-13-20-14-12(16(23)24)7-8-19-15(14)21-13/h7-8,11H,4-6,9-10H2,1-3H3,(H,23,24)(H,19,20,21). The van der Waals surface area contributed by atoms with Gasteiger partial charge in [-0.05, 0) is 46.1 Å². The minimum Gasteiger partial charge on any atom is -0.478 e. The molecule has 1 saturated heterocycles. The van der Waals surface area contributed by atoms with Crippen molar-refractivity contribution in [2.75, 3.05) is 6.54 Å². The lowest BCUT2D eigenvalue weighted by molar-refractivity contribution is 0.00976. The van der Waals surface area contributed by atoms with Crippen molar-refractivity contribution in [1.82, 2.24) is 19.9 Å². The number of aromatic nitrogens is 3. The second-order valence-corrected chi connectivity index (χ2v) is 7.57. The number of carbonyl (C=O) groups is 2. The average Bonchev–Trinajstić information content (AvgIpc) is 2.95. The Balaban J connectivity index is 1.82. The molecule has 1 aliphatic heterocycles. The summed E-state index contributed by atoms with van der Waals surface area (Å²) in [5.74, 6) is -0.401. The van der Waals surface area contributed by atoms with Crippen LogP contribution >= 0.6 is 0 Å². The number of rotatable bonds is 3. The number of ether oxygens (including phenoxy) is 1. The van der Waals surface area contributed by atoms with Crippen LogP contribution < -0.4 is 0 Å². The van der Waals surface area contributed by atoms with Crippen molar-refractivity contribution in [2.45, 2.75) is 58.1 Å². The van der Waals surface area contributed by atoms with Crippen LogP contribution in [0.25, 0.3) is 11.2 Å². The van der Waals surface area contributed by atoms with E-state index in [0.717, 1.165) is 19.3 Å². The van der Waals surface area contributed by atoms with Crippen LogP contribution in [0, 0.1) is 0 Å². The van der Waals surface area contributed by atoms with Crippen LogP contribution in [-0.4, -0.2) is 55.2 Å². The molecule has 2 aromatic rings. The summed E-state index contributed by atoms with van der Waals surface area (Å²) < 4.78 is 5.52. The number of hydrogen-bond donors (Lipinski definition) is 2. The van der Waals surface area contributed by atoms with Crippen LogP contribution in [0.4, 0.5) is 4.79 Å². The molecule has 0 radical (unpaired) electrons. The van der Waals surface area contributed by atoms with E-state index in [2.05, 4.69) is 15.0 Å². The van der Waals surface area contributed by atoms with Crippen molar-refractivity contribution in [3.8, 4) is 0 Å². The molecule has 1 aliphatic rings. The summed E-state index contributed by atoms with van der Waals surface area (Å²) >= 11 is 0. The van der Waals surface area contributed by atoms with E-state index in [9.17, 15) is 14.7 Å². The smallest absolute Gasteiger partial charge is 0.410 e. The lowest BCUT2D eigenvalue weighted by Gasteiger charge is -2.36. The van der Waals surface area contributed by atoms with Crippen LogP contribution in [0.15, 0.2) is 12.3 Å². The molecule has 1 amide bonds. The Hall–Kier alpha value is -2.64. The number of fused-ring (bicyclic) bond motifs is 1. The highest BCUT2D eigenvalue weighted by molar-refractivity contribution is 5.99. The van der Waals surface area contributed by atoms with Crippen LogP contribution in [0.5, 0.6) is 0 Å². The number of pyridine rings is 1. The van der Waals surface area contributed by atoms with Gasteiger partial charge in [0.25, 0.3) is 0 Å². The van der Waals surface area contributed by atoms with Gasteiger partial charge in [0.15, 0.2) is 5.65 Å². The number of aromatic carboxylic acids is 1. The molecule has 8 heteroatoms. The van der Waals surface area contributed by atoms with Gasteiger partial charge in [-0.1, -0.05) is 0 Å². The molecule has 2 N–H and O–H groups in total.